The van der Waals surface area contributed by atoms with E-state index >= 15 is 0 Å². The van der Waals surface area contributed by atoms with Gasteiger partial charge in [0, 0.05) is 5.56 Å². The second kappa shape index (κ2) is 4.41. The molecule has 0 spiro atoms. The minimum Gasteiger partial charge on any atom is -0.478 e. The first-order valence-corrected chi connectivity index (χ1v) is 5.64. The van der Waals surface area contributed by atoms with Crippen molar-refractivity contribution < 1.29 is 23.1 Å². The number of aromatic carboxylic acids is 1. The number of fused-ring (bicyclic) bond motifs is 1. The molecule has 100 valence electrons. The topological polar surface area (TPSA) is 63.3 Å². The second-order valence-electron chi connectivity index (χ2n) is 4.14. The van der Waals surface area contributed by atoms with Gasteiger partial charge < -0.3 is 9.52 Å². The Morgan fingerprint density at radius 3 is 2.60 bits per heavy atom. The third kappa shape index (κ3) is 2.01. The average Bonchev–Trinajstić information content (AvgIpc) is 2.84. The van der Waals surface area contributed by atoms with Crippen LogP contribution < -0.4 is 0 Å². The van der Waals surface area contributed by atoms with Crippen molar-refractivity contribution in [2.45, 2.75) is 0 Å². The largest absolute Gasteiger partial charge is 0.478 e. The molecule has 0 bridgehead atoms. The number of carboxylic acid groups (broad SMARTS) is 1. The summed E-state index contributed by atoms with van der Waals surface area (Å²) in [4.78, 5) is 15.0. The molecule has 3 aromatic rings. The van der Waals surface area contributed by atoms with Crippen LogP contribution in [-0.4, -0.2) is 16.1 Å². The highest BCUT2D eigenvalue weighted by Crippen LogP contribution is 2.26. The maximum Gasteiger partial charge on any atom is 0.335 e. The van der Waals surface area contributed by atoms with Crippen LogP contribution in [0.1, 0.15) is 10.4 Å². The van der Waals surface area contributed by atoms with Gasteiger partial charge in [-0.15, -0.1) is 0 Å². The SMILES string of the molecule is O=C(O)c1ccc2nc(-c3ccc(F)c(F)c3)oc2c1. The zero-order chi connectivity index (χ0) is 14.3. The van der Waals surface area contributed by atoms with Crippen molar-refractivity contribution in [1.29, 1.82) is 0 Å². The molecule has 0 aliphatic rings. The summed E-state index contributed by atoms with van der Waals surface area (Å²) in [5, 5.41) is 8.88. The predicted molar refractivity (Wildman–Crippen MR) is 66.3 cm³/mol. The van der Waals surface area contributed by atoms with Crippen LogP contribution in [0.2, 0.25) is 0 Å². The molecule has 1 N–H and O–H groups in total. The molecular weight excluding hydrogens is 268 g/mol. The van der Waals surface area contributed by atoms with E-state index in [4.69, 9.17) is 9.52 Å². The van der Waals surface area contributed by atoms with E-state index in [1.54, 1.807) is 0 Å². The molecule has 3 rings (SSSR count). The zero-order valence-corrected chi connectivity index (χ0v) is 9.93. The van der Waals surface area contributed by atoms with Crippen molar-refractivity contribution in [2.24, 2.45) is 0 Å². The Bertz CT molecular complexity index is 826. The molecule has 0 saturated heterocycles. The number of oxazole rings is 1. The van der Waals surface area contributed by atoms with E-state index in [0.29, 0.717) is 5.52 Å². The summed E-state index contributed by atoms with van der Waals surface area (Å²) in [5.74, 6) is -2.95. The molecule has 0 atom stereocenters. The number of carboxylic acids is 1. The maximum absolute atomic E-state index is 13.2. The van der Waals surface area contributed by atoms with Crippen LogP contribution >= 0.6 is 0 Å². The Hall–Kier alpha value is -2.76. The van der Waals surface area contributed by atoms with E-state index in [1.807, 2.05) is 0 Å². The summed E-state index contributed by atoms with van der Waals surface area (Å²) in [6, 6.07) is 7.49. The summed E-state index contributed by atoms with van der Waals surface area (Å²) in [7, 11) is 0. The minimum atomic E-state index is -1.09. The molecule has 0 aliphatic carbocycles. The molecule has 4 nitrogen and oxygen atoms in total. The third-order valence-corrected chi connectivity index (χ3v) is 2.80. The van der Waals surface area contributed by atoms with E-state index in [1.165, 1.54) is 24.3 Å². The van der Waals surface area contributed by atoms with Crippen molar-refractivity contribution in [3.63, 3.8) is 0 Å². The van der Waals surface area contributed by atoms with Gasteiger partial charge in [-0.25, -0.2) is 18.6 Å². The normalized spacial score (nSPS) is 10.9. The molecule has 0 unspecified atom stereocenters. The van der Waals surface area contributed by atoms with Crippen molar-refractivity contribution >= 4 is 17.1 Å². The van der Waals surface area contributed by atoms with Gasteiger partial charge in [0.25, 0.3) is 0 Å². The van der Waals surface area contributed by atoms with Gasteiger partial charge in [-0.05, 0) is 36.4 Å². The van der Waals surface area contributed by atoms with Crippen LogP contribution in [0.15, 0.2) is 40.8 Å². The number of hydrogen-bond donors (Lipinski definition) is 1. The van der Waals surface area contributed by atoms with Crippen LogP contribution in [0, 0.1) is 11.6 Å². The first-order valence-electron chi connectivity index (χ1n) is 5.64. The van der Waals surface area contributed by atoms with E-state index in [9.17, 15) is 13.6 Å². The van der Waals surface area contributed by atoms with Crippen LogP contribution in [0.25, 0.3) is 22.6 Å². The van der Waals surface area contributed by atoms with Gasteiger partial charge in [0.15, 0.2) is 17.2 Å². The van der Waals surface area contributed by atoms with Gasteiger partial charge in [-0.2, -0.15) is 0 Å². The molecule has 0 radical (unpaired) electrons. The lowest BCUT2D eigenvalue weighted by Crippen LogP contribution is -1.94. The van der Waals surface area contributed by atoms with Crippen LogP contribution in [0.4, 0.5) is 8.78 Å². The van der Waals surface area contributed by atoms with Gasteiger partial charge in [0.05, 0.1) is 5.56 Å². The molecular formula is C14H7F2NO3. The summed E-state index contributed by atoms with van der Waals surface area (Å²) in [6.45, 7) is 0. The smallest absolute Gasteiger partial charge is 0.335 e. The van der Waals surface area contributed by atoms with E-state index in [0.717, 1.165) is 12.1 Å². The van der Waals surface area contributed by atoms with Crippen molar-refractivity contribution in [3.8, 4) is 11.5 Å². The molecule has 0 aliphatic heterocycles. The molecule has 1 heterocycles. The Kier molecular flexibility index (Phi) is 2.71. The number of hydrogen-bond acceptors (Lipinski definition) is 3. The van der Waals surface area contributed by atoms with E-state index in [-0.39, 0.29) is 22.6 Å². The summed E-state index contributed by atoms with van der Waals surface area (Å²) < 4.78 is 31.4. The van der Waals surface area contributed by atoms with Crippen molar-refractivity contribution in [3.05, 3.63) is 53.6 Å². The number of rotatable bonds is 2. The second-order valence-corrected chi connectivity index (χ2v) is 4.14. The van der Waals surface area contributed by atoms with Gasteiger partial charge in [0.1, 0.15) is 5.52 Å². The molecule has 1 aromatic heterocycles. The highest BCUT2D eigenvalue weighted by molar-refractivity contribution is 5.92. The summed E-state index contributed by atoms with van der Waals surface area (Å²) >= 11 is 0. The molecule has 2 aromatic carbocycles. The molecule has 0 saturated carbocycles. The molecule has 0 amide bonds. The molecule has 6 heteroatoms. The lowest BCUT2D eigenvalue weighted by Gasteiger charge is -1.96. The zero-order valence-electron chi connectivity index (χ0n) is 9.93. The lowest BCUT2D eigenvalue weighted by atomic mass is 10.2. The van der Waals surface area contributed by atoms with E-state index < -0.39 is 17.6 Å². The number of nitrogens with zero attached hydrogens (tertiary/aromatic N) is 1. The Labute approximate surface area is 111 Å². The standard InChI is InChI=1S/C14H7F2NO3/c15-9-3-1-7(5-10(9)16)13-17-11-4-2-8(14(18)19)6-12(11)20-13/h1-6H,(H,18,19). The van der Waals surface area contributed by atoms with Gasteiger partial charge >= 0.3 is 5.97 Å². The quantitative estimate of drug-likeness (QED) is 0.777. The van der Waals surface area contributed by atoms with Crippen LogP contribution in [0.5, 0.6) is 0 Å². The minimum absolute atomic E-state index is 0.0606. The van der Waals surface area contributed by atoms with Crippen LogP contribution in [-0.2, 0) is 0 Å². The number of benzene rings is 2. The fraction of sp³-hybridized carbons (Fsp3) is 0. The van der Waals surface area contributed by atoms with Crippen molar-refractivity contribution in [2.75, 3.05) is 0 Å². The van der Waals surface area contributed by atoms with E-state index in [2.05, 4.69) is 4.98 Å². The van der Waals surface area contributed by atoms with Crippen molar-refractivity contribution in [1.82, 2.24) is 4.98 Å². The number of aromatic nitrogens is 1. The third-order valence-electron chi connectivity index (χ3n) is 2.80. The first kappa shape index (κ1) is 12.3. The highest BCUT2D eigenvalue weighted by Gasteiger charge is 2.12. The highest BCUT2D eigenvalue weighted by atomic mass is 19.2. The monoisotopic (exact) mass is 275 g/mol. The van der Waals surface area contributed by atoms with Gasteiger partial charge in [-0.3, -0.25) is 0 Å². The molecule has 20 heavy (non-hydrogen) atoms. The van der Waals surface area contributed by atoms with Gasteiger partial charge in [0.2, 0.25) is 5.89 Å². The number of carbonyl (C=O) groups is 1. The Morgan fingerprint density at radius 1 is 1.10 bits per heavy atom. The Balaban J connectivity index is 2.12. The first-order chi connectivity index (χ1) is 9.54. The predicted octanol–water partition coefficient (Wildman–Crippen LogP) is 3.47. The Morgan fingerprint density at radius 2 is 1.90 bits per heavy atom. The molecule has 0 fully saturated rings. The summed E-state index contributed by atoms with van der Waals surface area (Å²) in [5.41, 5.74) is 1.04. The lowest BCUT2D eigenvalue weighted by molar-refractivity contribution is 0.0697. The fourth-order valence-electron chi connectivity index (χ4n) is 1.81. The van der Waals surface area contributed by atoms with Crippen LogP contribution in [0.3, 0.4) is 0 Å². The van der Waals surface area contributed by atoms with Gasteiger partial charge in [-0.1, -0.05) is 0 Å². The fourth-order valence-corrected chi connectivity index (χ4v) is 1.81. The summed E-state index contributed by atoms with van der Waals surface area (Å²) in [6.07, 6.45) is 0. The maximum atomic E-state index is 13.2. The number of halogens is 2. The average molecular weight is 275 g/mol.